The van der Waals surface area contributed by atoms with Crippen molar-refractivity contribution < 1.29 is 24.1 Å². The number of esters is 1. The molecular weight excluding hydrogens is 248 g/mol. The van der Waals surface area contributed by atoms with Crippen molar-refractivity contribution in [1.82, 2.24) is 0 Å². The number of carbonyl (C=O) groups excluding carboxylic acids is 1. The maximum atomic E-state index is 11.6. The predicted molar refractivity (Wildman–Crippen MR) is 66.3 cm³/mol. The molecule has 106 valence electrons. The van der Waals surface area contributed by atoms with Gasteiger partial charge in [0.2, 0.25) is 0 Å². The van der Waals surface area contributed by atoms with Gasteiger partial charge in [-0.2, -0.15) is 0 Å². The SMILES string of the molecule is COC(=O)C1=C[C@H]2OC3(CCCCC3)O[C@H]2[C@H](O)C1. The first-order valence-corrected chi connectivity index (χ1v) is 6.96. The Hall–Kier alpha value is -0.910. The van der Waals surface area contributed by atoms with E-state index < -0.39 is 17.9 Å². The average molecular weight is 268 g/mol. The monoisotopic (exact) mass is 268 g/mol. The maximum absolute atomic E-state index is 11.6. The lowest BCUT2D eigenvalue weighted by Crippen LogP contribution is -2.39. The van der Waals surface area contributed by atoms with Crippen molar-refractivity contribution in [2.24, 2.45) is 0 Å². The zero-order chi connectivity index (χ0) is 13.5. The largest absolute Gasteiger partial charge is 0.466 e. The lowest BCUT2D eigenvalue weighted by atomic mass is 9.92. The number of aliphatic hydroxyl groups excluding tert-OH is 1. The van der Waals surface area contributed by atoms with Gasteiger partial charge in [-0.3, -0.25) is 0 Å². The highest BCUT2D eigenvalue weighted by molar-refractivity contribution is 5.88. The first-order chi connectivity index (χ1) is 9.13. The van der Waals surface area contributed by atoms with Crippen molar-refractivity contribution >= 4 is 5.97 Å². The van der Waals surface area contributed by atoms with Gasteiger partial charge >= 0.3 is 5.97 Å². The first-order valence-electron chi connectivity index (χ1n) is 6.96. The molecule has 3 atom stereocenters. The van der Waals surface area contributed by atoms with Crippen molar-refractivity contribution in [1.29, 1.82) is 0 Å². The molecule has 0 aromatic heterocycles. The van der Waals surface area contributed by atoms with Crippen molar-refractivity contribution in [2.45, 2.75) is 62.6 Å². The zero-order valence-electron chi connectivity index (χ0n) is 11.1. The van der Waals surface area contributed by atoms with Crippen LogP contribution in [0, 0.1) is 0 Å². The number of hydrogen-bond acceptors (Lipinski definition) is 5. The van der Waals surface area contributed by atoms with E-state index in [0.717, 1.165) is 25.7 Å². The molecule has 0 bridgehead atoms. The minimum absolute atomic E-state index is 0.271. The highest BCUT2D eigenvalue weighted by Gasteiger charge is 2.51. The summed E-state index contributed by atoms with van der Waals surface area (Å²) in [5, 5.41) is 10.2. The minimum Gasteiger partial charge on any atom is -0.466 e. The van der Waals surface area contributed by atoms with Crippen LogP contribution < -0.4 is 0 Å². The summed E-state index contributed by atoms with van der Waals surface area (Å²) in [7, 11) is 1.34. The van der Waals surface area contributed by atoms with Crippen LogP contribution >= 0.6 is 0 Å². The van der Waals surface area contributed by atoms with Crippen LogP contribution in [0.3, 0.4) is 0 Å². The van der Waals surface area contributed by atoms with Crippen LogP contribution in [-0.4, -0.2) is 42.3 Å². The third kappa shape index (κ3) is 2.30. The summed E-state index contributed by atoms with van der Waals surface area (Å²) in [6, 6.07) is 0. The standard InChI is InChI=1S/C14H20O5/c1-17-13(16)9-7-10(15)12-11(8-9)18-14(19-12)5-3-2-4-6-14/h8,10-12,15H,2-7H2,1H3/t10-,11-,12+/m1/s1. The van der Waals surface area contributed by atoms with E-state index in [4.69, 9.17) is 14.2 Å². The molecule has 0 amide bonds. The Morgan fingerprint density at radius 3 is 2.79 bits per heavy atom. The number of methoxy groups -OCH3 is 1. The number of ether oxygens (including phenoxy) is 3. The number of hydrogen-bond donors (Lipinski definition) is 1. The number of fused-ring (bicyclic) bond motifs is 1. The number of aliphatic hydroxyl groups is 1. The van der Waals surface area contributed by atoms with Gasteiger partial charge in [-0.05, 0) is 18.9 Å². The van der Waals surface area contributed by atoms with E-state index in [2.05, 4.69) is 0 Å². The summed E-state index contributed by atoms with van der Waals surface area (Å²) in [4.78, 5) is 11.6. The topological polar surface area (TPSA) is 65.0 Å². The van der Waals surface area contributed by atoms with Crippen LogP contribution in [0.1, 0.15) is 38.5 Å². The summed E-state index contributed by atoms with van der Waals surface area (Å²) in [5.41, 5.74) is 0.479. The van der Waals surface area contributed by atoms with E-state index in [1.165, 1.54) is 13.5 Å². The molecule has 19 heavy (non-hydrogen) atoms. The fraction of sp³-hybridized carbons (Fsp3) is 0.786. The van der Waals surface area contributed by atoms with Crippen LogP contribution in [0.25, 0.3) is 0 Å². The summed E-state index contributed by atoms with van der Waals surface area (Å²) >= 11 is 0. The second-order valence-electron chi connectivity index (χ2n) is 5.59. The van der Waals surface area contributed by atoms with Crippen LogP contribution in [0.5, 0.6) is 0 Å². The lowest BCUT2D eigenvalue weighted by molar-refractivity contribution is -0.197. The predicted octanol–water partition coefficient (Wildman–Crippen LogP) is 1.29. The Labute approximate surface area is 112 Å². The molecule has 1 N–H and O–H groups in total. The van der Waals surface area contributed by atoms with Gasteiger partial charge in [0, 0.05) is 24.8 Å². The van der Waals surface area contributed by atoms with Gasteiger partial charge < -0.3 is 19.3 Å². The Kier molecular flexibility index (Phi) is 3.37. The van der Waals surface area contributed by atoms with E-state index >= 15 is 0 Å². The van der Waals surface area contributed by atoms with Crippen molar-refractivity contribution in [2.75, 3.05) is 7.11 Å². The molecule has 5 nitrogen and oxygen atoms in total. The molecule has 2 fully saturated rings. The van der Waals surface area contributed by atoms with Gasteiger partial charge in [-0.15, -0.1) is 0 Å². The normalized spacial score (nSPS) is 36.7. The second kappa shape index (κ2) is 4.89. The minimum atomic E-state index is -0.703. The molecule has 0 aromatic carbocycles. The highest BCUT2D eigenvalue weighted by atomic mass is 16.8. The summed E-state index contributed by atoms with van der Waals surface area (Å²) < 4.78 is 16.7. The molecule has 0 radical (unpaired) electrons. The van der Waals surface area contributed by atoms with Crippen LogP contribution in [0.15, 0.2) is 11.6 Å². The molecule has 3 rings (SSSR count). The third-order valence-corrected chi connectivity index (χ3v) is 4.26. The quantitative estimate of drug-likeness (QED) is 0.726. The summed E-state index contributed by atoms with van der Waals surface area (Å²) in [6.07, 6.45) is 5.75. The lowest BCUT2D eigenvalue weighted by Gasteiger charge is -2.32. The van der Waals surface area contributed by atoms with Gasteiger partial charge in [0.05, 0.1) is 13.2 Å². The molecule has 1 saturated carbocycles. The fourth-order valence-electron chi connectivity index (χ4n) is 3.30. The highest BCUT2D eigenvalue weighted by Crippen LogP contribution is 2.44. The van der Waals surface area contributed by atoms with E-state index in [9.17, 15) is 9.90 Å². The van der Waals surface area contributed by atoms with Gasteiger partial charge in [-0.25, -0.2) is 4.79 Å². The van der Waals surface area contributed by atoms with Gasteiger partial charge in [-0.1, -0.05) is 6.42 Å². The van der Waals surface area contributed by atoms with E-state index in [1.54, 1.807) is 6.08 Å². The molecule has 5 heteroatoms. The Morgan fingerprint density at radius 2 is 2.11 bits per heavy atom. The van der Waals surface area contributed by atoms with Crippen LogP contribution in [0.2, 0.25) is 0 Å². The molecule has 3 aliphatic rings. The average Bonchev–Trinajstić information content (AvgIpc) is 2.77. The molecule has 0 aromatic rings. The Balaban J connectivity index is 1.80. The third-order valence-electron chi connectivity index (χ3n) is 4.26. The van der Waals surface area contributed by atoms with Gasteiger partial charge in [0.1, 0.15) is 12.2 Å². The molecule has 1 spiro atoms. The van der Waals surface area contributed by atoms with Gasteiger partial charge in [0.15, 0.2) is 5.79 Å². The van der Waals surface area contributed by atoms with Crippen molar-refractivity contribution in [3.8, 4) is 0 Å². The molecular formula is C14H20O5. The summed E-state index contributed by atoms with van der Waals surface area (Å²) in [6.45, 7) is 0. The van der Waals surface area contributed by atoms with Gasteiger partial charge in [0.25, 0.3) is 0 Å². The van der Waals surface area contributed by atoms with Crippen molar-refractivity contribution in [3.63, 3.8) is 0 Å². The zero-order valence-corrected chi connectivity index (χ0v) is 11.1. The fourth-order valence-corrected chi connectivity index (χ4v) is 3.30. The van der Waals surface area contributed by atoms with Crippen LogP contribution in [0.4, 0.5) is 0 Å². The van der Waals surface area contributed by atoms with E-state index in [1.807, 2.05) is 0 Å². The molecule has 2 aliphatic carbocycles. The van der Waals surface area contributed by atoms with E-state index in [0.29, 0.717) is 5.57 Å². The molecule has 1 aliphatic heterocycles. The Bertz CT molecular complexity index is 397. The molecule has 1 heterocycles. The molecule has 1 saturated heterocycles. The summed E-state index contributed by atoms with van der Waals surface area (Å²) in [5.74, 6) is -0.943. The second-order valence-corrected chi connectivity index (χ2v) is 5.59. The van der Waals surface area contributed by atoms with Crippen LogP contribution in [-0.2, 0) is 19.0 Å². The smallest absolute Gasteiger partial charge is 0.333 e. The Morgan fingerprint density at radius 1 is 1.37 bits per heavy atom. The molecule has 0 unspecified atom stereocenters. The number of rotatable bonds is 1. The van der Waals surface area contributed by atoms with Crippen molar-refractivity contribution in [3.05, 3.63) is 11.6 Å². The maximum Gasteiger partial charge on any atom is 0.333 e. The first kappa shape index (κ1) is 13.1. The van der Waals surface area contributed by atoms with E-state index in [-0.39, 0.29) is 18.6 Å². The number of carbonyl (C=O) groups is 1.